The third-order valence-electron chi connectivity index (χ3n) is 6.86. The minimum atomic E-state index is -0.0823. The predicted molar refractivity (Wildman–Crippen MR) is 147 cm³/mol. The van der Waals surface area contributed by atoms with Crippen LogP contribution in [0.5, 0.6) is 23.0 Å². The zero-order chi connectivity index (χ0) is 26.4. The van der Waals surface area contributed by atoms with E-state index < -0.39 is 0 Å². The van der Waals surface area contributed by atoms with Gasteiger partial charge in [-0.15, -0.1) is 0 Å². The highest BCUT2D eigenvalue weighted by Gasteiger charge is 2.27. The van der Waals surface area contributed by atoms with Crippen molar-refractivity contribution in [2.24, 2.45) is 5.92 Å². The fourth-order valence-electron chi connectivity index (χ4n) is 4.66. The molecular formula is C30H37N3O4. The number of nitrogens with one attached hydrogen (secondary N) is 1. The van der Waals surface area contributed by atoms with Crippen LogP contribution in [-0.4, -0.2) is 61.3 Å². The predicted octanol–water partition coefficient (Wildman–Crippen LogP) is 5.16. The number of rotatable bonds is 9. The van der Waals surface area contributed by atoms with Gasteiger partial charge in [-0.05, 0) is 73.5 Å². The number of phenolic OH excluding ortho intramolecular Hbond substituents is 1. The molecule has 0 aliphatic carbocycles. The van der Waals surface area contributed by atoms with E-state index in [9.17, 15) is 9.90 Å². The van der Waals surface area contributed by atoms with Gasteiger partial charge in [-0.3, -0.25) is 9.69 Å². The van der Waals surface area contributed by atoms with Crippen LogP contribution in [-0.2, 0) is 0 Å². The van der Waals surface area contributed by atoms with Gasteiger partial charge >= 0.3 is 0 Å². The summed E-state index contributed by atoms with van der Waals surface area (Å²) in [4.78, 5) is 17.8. The highest BCUT2D eigenvalue weighted by molar-refractivity contribution is 5.94. The van der Waals surface area contributed by atoms with Crippen LogP contribution in [0.1, 0.15) is 31.1 Å². The van der Waals surface area contributed by atoms with E-state index in [1.54, 1.807) is 25.3 Å². The van der Waals surface area contributed by atoms with E-state index in [2.05, 4.69) is 35.9 Å². The zero-order valence-corrected chi connectivity index (χ0v) is 22.1. The van der Waals surface area contributed by atoms with Crippen molar-refractivity contribution in [2.45, 2.75) is 32.9 Å². The number of methoxy groups -OCH3 is 1. The molecule has 1 heterocycles. The molecule has 2 N–H and O–H groups in total. The van der Waals surface area contributed by atoms with Gasteiger partial charge in [0.15, 0.2) is 0 Å². The maximum atomic E-state index is 13.1. The van der Waals surface area contributed by atoms with Crippen molar-refractivity contribution in [1.82, 2.24) is 10.2 Å². The molecule has 2 atom stereocenters. The van der Waals surface area contributed by atoms with Crippen molar-refractivity contribution in [2.75, 3.05) is 38.2 Å². The van der Waals surface area contributed by atoms with Gasteiger partial charge in [-0.2, -0.15) is 0 Å². The molecule has 0 bridgehead atoms. The Balaban J connectivity index is 1.32. The van der Waals surface area contributed by atoms with Gasteiger partial charge in [0.2, 0.25) is 0 Å². The first-order valence-corrected chi connectivity index (χ1v) is 12.8. The minimum absolute atomic E-state index is 0.0299. The van der Waals surface area contributed by atoms with Gasteiger partial charge in [0, 0.05) is 55.6 Å². The van der Waals surface area contributed by atoms with Gasteiger partial charge < -0.3 is 24.8 Å². The number of amides is 1. The van der Waals surface area contributed by atoms with Crippen LogP contribution in [0.2, 0.25) is 0 Å². The SMILES string of the molecule is COc1ccc(Oc2ccc(C(=O)NC(CN3CCN(c4cccc(O)c4)[C@@H](C)C3)C(C)C)cc2)cc1. The largest absolute Gasteiger partial charge is 0.508 e. The number of hydrogen-bond acceptors (Lipinski definition) is 6. The molecule has 0 saturated carbocycles. The highest BCUT2D eigenvalue weighted by atomic mass is 16.5. The summed E-state index contributed by atoms with van der Waals surface area (Å²) in [5.41, 5.74) is 1.65. The molecule has 1 saturated heterocycles. The van der Waals surface area contributed by atoms with Gasteiger partial charge in [0.1, 0.15) is 23.0 Å². The quantitative estimate of drug-likeness (QED) is 0.420. The molecule has 1 fully saturated rings. The smallest absolute Gasteiger partial charge is 0.251 e. The van der Waals surface area contributed by atoms with Gasteiger partial charge in [0.05, 0.1) is 7.11 Å². The standard InChI is InChI=1S/C30H37N3O4/c1-21(2)29(20-32-16-17-33(22(3)19-32)24-6-5-7-25(34)18-24)31-30(35)23-8-10-27(11-9-23)37-28-14-12-26(36-4)13-15-28/h5-15,18,21-22,29,34H,16-17,19-20H2,1-4H3,(H,31,35)/t22-,29?/m0/s1. The Hall–Kier alpha value is -3.71. The fraction of sp³-hybridized carbons (Fsp3) is 0.367. The van der Waals surface area contributed by atoms with Crippen molar-refractivity contribution < 1.29 is 19.4 Å². The summed E-state index contributed by atoms with van der Waals surface area (Å²) in [7, 11) is 1.63. The van der Waals surface area contributed by atoms with Crippen molar-refractivity contribution in [1.29, 1.82) is 0 Å². The molecule has 1 aliphatic heterocycles. The first-order valence-electron chi connectivity index (χ1n) is 12.8. The summed E-state index contributed by atoms with van der Waals surface area (Å²) in [5, 5.41) is 13.1. The van der Waals surface area contributed by atoms with Crippen molar-refractivity contribution in [3.63, 3.8) is 0 Å². The first kappa shape index (κ1) is 26.4. The van der Waals surface area contributed by atoms with Crippen LogP contribution in [0.15, 0.2) is 72.8 Å². The molecule has 0 aromatic heterocycles. The molecule has 7 nitrogen and oxygen atoms in total. The summed E-state index contributed by atoms with van der Waals surface area (Å²) in [6.07, 6.45) is 0. The average Bonchev–Trinajstić information content (AvgIpc) is 2.89. The molecule has 196 valence electrons. The molecule has 3 aromatic rings. The molecular weight excluding hydrogens is 466 g/mol. The van der Waals surface area contributed by atoms with Gasteiger partial charge in [-0.25, -0.2) is 0 Å². The number of phenols is 1. The average molecular weight is 504 g/mol. The lowest BCUT2D eigenvalue weighted by molar-refractivity contribution is 0.0903. The fourth-order valence-corrected chi connectivity index (χ4v) is 4.66. The molecule has 7 heteroatoms. The Kier molecular flexibility index (Phi) is 8.56. The first-order chi connectivity index (χ1) is 17.8. The van der Waals surface area contributed by atoms with Gasteiger partial charge in [-0.1, -0.05) is 19.9 Å². The van der Waals surface area contributed by atoms with E-state index in [4.69, 9.17) is 9.47 Å². The summed E-state index contributed by atoms with van der Waals surface area (Å²) in [6, 6.07) is 22.3. The van der Waals surface area contributed by atoms with Crippen molar-refractivity contribution >= 4 is 11.6 Å². The normalized spacial score (nSPS) is 16.9. The monoisotopic (exact) mass is 503 g/mol. The Morgan fingerprint density at radius 3 is 2.24 bits per heavy atom. The summed E-state index contributed by atoms with van der Waals surface area (Å²) in [5.74, 6) is 2.64. The number of nitrogens with zero attached hydrogens (tertiary/aromatic N) is 2. The van der Waals surface area contributed by atoms with Crippen LogP contribution >= 0.6 is 0 Å². The maximum absolute atomic E-state index is 13.1. The Morgan fingerprint density at radius 1 is 1.00 bits per heavy atom. The van der Waals surface area contributed by atoms with Crippen LogP contribution < -0.4 is 19.7 Å². The number of hydrogen-bond donors (Lipinski definition) is 2. The number of aromatic hydroxyl groups is 1. The topological polar surface area (TPSA) is 74.3 Å². The number of piperazine rings is 1. The van der Waals surface area contributed by atoms with E-state index in [0.717, 1.165) is 37.6 Å². The van der Waals surface area contributed by atoms with E-state index >= 15 is 0 Å². The van der Waals surface area contributed by atoms with Crippen LogP contribution in [0.25, 0.3) is 0 Å². The van der Waals surface area contributed by atoms with Crippen molar-refractivity contribution in [3.8, 4) is 23.0 Å². The Morgan fingerprint density at radius 2 is 1.65 bits per heavy atom. The number of ether oxygens (including phenoxy) is 2. The van der Waals surface area contributed by atoms with E-state index in [1.165, 1.54) is 0 Å². The van der Waals surface area contributed by atoms with E-state index in [0.29, 0.717) is 29.0 Å². The molecule has 1 amide bonds. The lowest BCUT2D eigenvalue weighted by Crippen LogP contribution is -2.56. The third kappa shape index (κ3) is 6.95. The van der Waals surface area contributed by atoms with Gasteiger partial charge in [0.25, 0.3) is 5.91 Å². The summed E-state index contributed by atoms with van der Waals surface area (Å²) >= 11 is 0. The molecule has 1 aliphatic rings. The molecule has 37 heavy (non-hydrogen) atoms. The number of anilines is 1. The lowest BCUT2D eigenvalue weighted by Gasteiger charge is -2.42. The highest BCUT2D eigenvalue weighted by Crippen LogP contribution is 2.26. The lowest BCUT2D eigenvalue weighted by atomic mass is 10.0. The second-order valence-corrected chi connectivity index (χ2v) is 9.95. The molecule has 1 unspecified atom stereocenters. The third-order valence-corrected chi connectivity index (χ3v) is 6.86. The minimum Gasteiger partial charge on any atom is -0.508 e. The molecule has 3 aromatic carbocycles. The number of benzene rings is 3. The zero-order valence-electron chi connectivity index (χ0n) is 22.1. The Bertz CT molecular complexity index is 1160. The number of carbonyl (C=O) groups excluding carboxylic acids is 1. The second-order valence-electron chi connectivity index (χ2n) is 9.95. The van der Waals surface area contributed by atoms with Crippen LogP contribution in [0.4, 0.5) is 5.69 Å². The van der Waals surface area contributed by atoms with E-state index in [1.807, 2.05) is 54.6 Å². The molecule has 0 radical (unpaired) electrons. The van der Waals surface area contributed by atoms with E-state index in [-0.39, 0.29) is 17.7 Å². The Labute approximate surface area is 219 Å². The summed E-state index contributed by atoms with van der Waals surface area (Å²) < 4.78 is 11.1. The second kappa shape index (κ2) is 12.0. The summed E-state index contributed by atoms with van der Waals surface area (Å²) in [6.45, 7) is 9.95. The number of carbonyl (C=O) groups is 1. The molecule has 0 spiro atoms. The van der Waals surface area contributed by atoms with Crippen molar-refractivity contribution in [3.05, 3.63) is 78.4 Å². The van der Waals surface area contributed by atoms with Crippen LogP contribution in [0.3, 0.4) is 0 Å². The molecule has 4 rings (SSSR count). The maximum Gasteiger partial charge on any atom is 0.251 e. The van der Waals surface area contributed by atoms with Crippen LogP contribution in [0, 0.1) is 5.92 Å².